The molecule has 1 aliphatic rings. The van der Waals surface area contributed by atoms with Crippen molar-refractivity contribution >= 4 is 17.6 Å². The standard InChI is InChI=1S/C19H31ClN4O/c1-4-24-11-5-6-16(15-24)14-22-19(21-2)23(3)12-13-25-18-9-7-17(20)8-10-18/h7-10,16H,4-6,11-15H2,1-3H3,(H,21,22). The third-order valence-electron chi connectivity index (χ3n) is 4.68. The molecule has 6 heteroatoms. The number of hydrogen-bond donors (Lipinski definition) is 1. The molecule has 1 unspecified atom stereocenters. The molecule has 1 aromatic carbocycles. The van der Waals surface area contributed by atoms with Crippen LogP contribution in [0.5, 0.6) is 5.75 Å². The molecule has 25 heavy (non-hydrogen) atoms. The molecule has 0 aliphatic carbocycles. The van der Waals surface area contributed by atoms with Crippen LogP contribution in [0.15, 0.2) is 29.3 Å². The zero-order valence-electron chi connectivity index (χ0n) is 15.7. The van der Waals surface area contributed by atoms with Gasteiger partial charge in [-0.2, -0.15) is 0 Å². The molecule has 1 saturated heterocycles. The monoisotopic (exact) mass is 366 g/mol. The van der Waals surface area contributed by atoms with Crippen molar-refractivity contribution in [2.24, 2.45) is 10.9 Å². The third-order valence-corrected chi connectivity index (χ3v) is 4.93. The second-order valence-electron chi connectivity index (χ2n) is 6.55. The normalized spacial score (nSPS) is 18.9. The Morgan fingerprint density at radius 2 is 2.16 bits per heavy atom. The molecule has 1 fully saturated rings. The molecule has 0 bridgehead atoms. The number of aliphatic imine (C=N–C) groups is 1. The van der Waals surface area contributed by atoms with Crippen LogP contribution in [0.2, 0.25) is 5.02 Å². The number of ether oxygens (including phenoxy) is 1. The highest BCUT2D eigenvalue weighted by molar-refractivity contribution is 6.30. The second kappa shape index (κ2) is 10.5. The number of nitrogens with one attached hydrogen (secondary N) is 1. The zero-order chi connectivity index (χ0) is 18.1. The van der Waals surface area contributed by atoms with Gasteiger partial charge in [0, 0.05) is 32.2 Å². The summed E-state index contributed by atoms with van der Waals surface area (Å²) in [6.45, 7) is 8.16. The first-order valence-electron chi connectivity index (χ1n) is 9.15. The Kier molecular flexibility index (Phi) is 8.35. The Morgan fingerprint density at radius 3 is 2.84 bits per heavy atom. The molecule has 1 aliphatic heterocycles. The van der Waals surface area contributed by atoms with E-state index in [-0.39, 0.29) is 0 Å². The fourth-order valence-corrected chi connectivity index (χ4v) is 3.29. The molecule has 0 radical (unpaired) electrons. The van der Waals surface area contributed by atoms with Crippen LogP contribution in [0.4, 0.5) is 0 Å². The second-order valence-corrected chi connectivity index (χ2v) is 6.99. The highest BCUT2D eigenvalue weighted by atomic mass is 35.5. The summed E-state index contributed by atoms with van der Waals surface area (Å²) in [5.41, 5.74) is 0. The van der Waals surface area contributed by atoms with Gasteiger partial charge in [-0.1, -0.05) is 18.5 Å². The number of likely N-dealkylation sites (N-methyl/N-ethyl adjacent to an activating group) is 1. The topological polar surface area (TPSA) is 40.1 Å². The maximum atomic E-state index is 5.88. The molecule has 1 N–H and O–H groups in total. The van der Waals surface area contributed by atoms with Crippen LogP contribution in [0.1, 0.15) is 19.8 Å². The van der Waals surface area contributed by atoms with Crippen molar-refractivity contribution in [3.05, 3.63) is 29.3 Å². The van der Waals surface area contributed by atoms with Crippen molar-refractivity contribution in [3.63, 3.8) is 0 Å². The maximum Gasteiger partial charge on any atom is 0.193 e. The molecule has 1 heterocycles. The van der Waals surface area contributed by atoms with Gasteiger partial charge in [-0.15, -0.1) is 0 Å². The van der Waals surface area contributed by atoms with Gasteiger partial charge in [-0.25, -0.2) is 0 Å². The van der Waals surface area contributed by atoms with Crippen molar-refractivity contribution in [3.8, 4) is 5.75 Å². The van der Waals surface area contributed by atoms with E-state index in [1.54, 1.807) is 0 Å². The first-order chi connectivity index (χ1) is 12.1. The highest BCUT2D eigenvalue weighted by Crippen LogP contribution is 2.16. The third kappa shape index (κ3) is 6.75. The van der Waals surface area contributed by atoms with E-state index in [0.717, 1.165) is 36.4 Å². The van der Waals surface area contributed by atoms with Crippen molar-refractivity contribution in [2.75, 3.05) is 53.4 Å². The minimum atomic E-state index is 0.603. The number of rotatable bonds is 7. The summed E-state index contributed by atoms with van der Waals surface area (Å²) in [5.74, 6) is 2.46. The highest BCUT2D eigenvalue weighted by Gasteiger charge is 2.19. The Bertz CT molecular complexity index is 535. The number of hydrogen-bond acceptors (Lipinski definition) is 3. The molecular formula is C19H31ClN4O. The summed E-state index contributed by atoms with van der Waals surface area (Å²) < 4.78 is 5.76. The number of halogens is 1. The minimum absolute atomic E-state index is 0.603. The van der Waals surface area contributed by atoms with Crippen molar-refractivity contribution in [1.29, 1.82) is 0 Å². The fraction of sp³-hybridized carbons (Fsp3) is 0.632. The lowest BCUT2D eigenvalue weighted by Crippen LogP contribution is -2.45. The quantitative estimate of drug-likeness (QED) is 0.595. The largest absolute Gasteiger partial charge is 0.492 e. The smallest absolute Gasteiger partial charge is 0.193 e. The van der Waals surface area contributed by atoms with E-state index in [4.69, 9.17) is 16.3 Å². The number of guanidine groups is 1. The fourth-order valence-electron chi connectivity index (χ4n) is 3.16. The van der Waals surface area contributed by atoms with E-state index in [1.165, 1.54) is 25.9 Å². The van der Waals surface area contributed by atoms with Gasteiger partial charge in [-0.05, 0) is 56.1 Å². The Balaban J connectivity index is 1.71. The average Bonchev–Trinajstić information content (AvgIpc) is 2.64. The van der Waals surface area contributed by atoms with E-state index in [0.29, 0.717) is 12.5 Å². The molecule has 2 rings (SSSR count). The van der Waals surface area contributed by atoms with E-state index < -0.39 is 0 Å². The first kappa shape index (κ1) is 19.9. The van der Waals surface area contributed by atoms with E-state index in [1.807, 2.05) is 38.4 Å². The number of piperidine rings is 1. The predicted molar refractivity (Wildman–Crippen MR) is 106 cm³/mol. The summed E-state index contributed by atoms with van der Waals surface area (Å²) in [5, 5.41) is 4.24. The predicted octanol–water partition coefficient (Wildman–Crippen LogP) is 2.96. The molecule has 5 nitrogen and oxygen atoms in total. The summed E-state index contributed by atoms with van der Waals surface area (Å²) in [6.07, 6.45) is 2.59. The van der Waals surface area contributed by atoms with Gasteiger partial charge in [0.05, 0.1) is 6.54 Å². The lowest BCUT2D eigenvalue weighted by atomic mass is 9.98. The summed E-state index contributed by atoms with van der Waals surface area (Å²) >= 11 is 5.88. The maximum absolute atomic E-state index is 5.88. The summed E-state index contributed by atoms with van der Waals surface area (Å²) in [7, 11) is 3.87. The Morgan fingerprint density at radius 1 is 1.40 bits per heavy atom. The molecule has 1 aromatic rings. The van der Waals surface area contributed by atoms with E-state index in [2.05, 4.69) is 27.0 Å². The van der Waals surface area contributed by atoms with Crippen LogP contribution in [0.25, 0.3) is 0 Å². The molecular weight excluding hydrogens is 336 g/mol. The van der Waals surface area contributed by atoms with Gasteiger partial charge < -0.3 is 19.9 Å². The molecule has 0 saturated carbocycles. The SMILES string of the molecule is CCN1CCCC(CNC(=NC)N(C)CCOc2ccc(Cl)cc2)C1. The first-order valence-corrected chi connectivity index (χ1v) is 9.52. The molecule has 0 aromatic heterocycles. The van der Waals surface area contributed by atoms with E-state index in [9.17, 15) is 0 Å². The van der Waals surface area contributed by atoms with Gasteiger partial charge in [0.2, 0.25) is 0 Å². The Labute approximate surface area is 157 Å². The van der Waals surface area contributed by atoms with Gasteiger partial charge in [0.15, 0.2) is 5.96 Å². The average molecular weight is 367 g/mol. The molecule has 1 atom stereocenters. The van der Waals surface area contributed by atoms with Gasteiger partial charge in [0.25, 0.3) is 0 Å². The van der Waals surface area contributed by atoms with Crippen molar-refractivity contribution in [2.45, 2.75) is 19.8 Å². The number of benzene rings is 1. The zero-order valence-corrected chi connectivity index (χ0v) is 16.4. The number of nitrogens with zero attached hydrogens (tertiary/aromatic N) is 3. The lowest BCUT2D eigenvalue weighted by molar-refractivity contribution is 0.182. The van der Waals surface area contributed by atoms with Crippen LogP contribution >= 0.6 is 11.6 Å². The van der Waals surface area contributed by atoms with Crippen LogP contribution in [-0.2, 0) is 0 Å². The molecule has 0 amide bonds. The lowest BCUT2D eigenvalue weighted by Gasteiger charge is -2.32. The minimum Gasteiger partial charge on any atom is -0.492 e. The van der Waals surface area contributed by atoms with Gasteiger partial charge in [0.1, 0.15) is 12.4 Å². The van der Waals surface area contributed by atoms with Crippen molar-refractivity contribution in [1.82, 2.24) is 15.1 Å². The number of likely N-dealkylation sites (tertiary alicyclic amines) is 1. The van der Waals surface area contributed by atoms with Crippen LogP contribution in [0, 0.1) is 5.92 Å². The van der Waals surface area contributed by atoms with Crippen LogP contribution < -0.4 is 10.1 Å². The Hall–Kier alpha value is -1.46. The summed E-state index contributed by atoms with van der Waals surface area (Å²) in [6, 6.07) is 7.45. The van der Waals surface area contributed by atoms with Gasteiger partial charge in [-0.3, -0.25) is 4.99 Å². The van der Waals surface area contributed by atoms with Crippen LogP contribution in [0.3, 0.4) is 0 Å². The molecule has 140 valence electrons. The molecule has 0 spiro atoms. The van der Waals surface area contributed by atoms with Crippen LogP contribution in [-0.4, -0.2) is 69.2 Å². The summed E-state index contributed by atoms with van der Waals surface area (Å²) in [4.78, 5) is 9.03. The van der Waals surface area contributed by atoms with E-state index >= 15 is 0 Å². The van der Waals surface area contributed by atoms with Gasteiger partial charge >= 0.3 is 0 Å². The van der Waals surface area contributed by atoms with Crippen molar-refractivity contribution < 1.29 is 4.74 Å².